The van der Waals surface area contributed by atoms with Crippen molar-refractivity contribution >= 4 is 17.3 Å². The maximum Gasteiger partial charge on any atom is 0.271 e. The van der Waals surface area contributed by atoms with Gasteiger partial charge >= 0.3 is 0 Å². The molecule has 1 aromatic heterocycles. The Balaban J connectivity index is 1.88. The van der Waals surface area contributed by atoms with Gasteiger partial charge in [-0.05, 0) is 18.1 Å². The summed E-state index contributed by atoms with van der Waals surface area (Å²) >= 11 is 0. The van der Waals surface area contributed by atoms with E-state index in [1.807, 2.05) is 0 Å². The highest BCUT2D eigenvalue weighted by atomic mass is 19.1. The molecule has 0 N–H and O–H groups in total. The molecule has 8 heteroatoms. The van der Waals surface area contributed by atoms with Gasteiger partial charge in [0.2, 0.25) is 5.91 Å². The predicted octanol–water partition coefficient (Wildman–Crippen LogP) is 1.48. The van der Waals surface area contributed by atoms with Gasteiger partial charge in [0.25, 0.3) is 11.2 Å². The van der Waals surface area contributed by atoms with Crippen molar-refractivity contribution in [3.8, 4) is 0 Å². The molecular formula is C15H12FN3O4. The third-order valence-electron chi connectivity index (χ3n) is 3.73. The summed E-state index contributed by atoms with van der Waals surface area (Å²) in [5.74, 6) is -1.04. The van der Waals surface area contributed by atoms with Crippen molar-refractivity contribution in [1.29, 1.82) is 0 Å². The predicted molar refractivity (Wildman–Crippen MR) is 79.8 cm³/mol. The van der Waals surface area contributed by atoms with Crippen LogP contribution in [0.25, 0.3) is 0 Å². The maximum atomic E-state index is 13.2. The molecule has 1 aliphatic heterocycles. The highest BCUT2D eigenvalue weighted by molar-refractivity contribution is 5.95. The molecule has 23 heavy (non-hydrogen) atoms. The van der Waals surface area contributed by atoms with Crippen LogP contribution in [0.4, 0.5) is 15.8 Å². The van der Waals surface area contributed by atoms with Crippen LogP contribution < -0.4 is 10.5 Å². The van der Waals surface area contributed by atoms with Crippen molar-refractivity contribution in [3.63, 3.8) is 0 Å². The van der Waals surface area contributed by atoms with Crippen molar-refractivity contribution in [2.75, 3.05) is 11.4 Å². The Labute approximate surface area is 129 Å². The number of halogens is 1. The normalized spacial score (nSPS) is 13.0. The number of hydrogen-bond acceptors (Lipinski definition) is 4. The van der Waals surface area contributed by atoms with Crippen molar-refractivity contribution in [2.45, 2.75) is 13.0 Å². The first-order valence-electron chi connectivity index (χ1n) is 6.89. The Morgan fingerprint density at radius 2 is 2.09 bits per heavy atom. The molecule has 1 aliphatic rings. The average molecular weight is 317 g/mol. The Kier molecular flexibility index (Phi) is 3.65. The summed E-state index contributed by atoms with van der Waals surface area (Å²) in [5.41, 5.74) is 0.703. The van der Waals surface area contributed by atoms with Gasteiger partial charge in [-0.3, -0.25) is 19.7 Å². The minimum Gasteiger partial charge on any atom is -0.310 e. The zero-order valence-electron chi connectivity index (χ0n) is 11.9. The van der Waals surface area contributed by atoms with Crippen LogP contribution in [0.1, 0.15) is 5.56 Å². The van der Waals surface area contributed by atoms with Gasteiger partial charge in [0.15, 0.2) is 0 Å². The number of carbonyl (C=O) groups is 1. The third-order valence-corrected chi connectivity index (χ3v) is 3.73. The van der Waals surface area contributed by atoms with Gasteiger partial charge in [0.1, 0.15) is 12.4 Å². The first-order valence-corrected chi connectivity index (χ1v) is 6.89. The SMILES string of the molecule is O=C(Cn1cc(F)ccc1=O)N1CCc2ccc([N+](=O)[O-])cc21. The molecule has 1 amide bonds. The van der Waals surface area contributed by atoms with Crippen molar-refractivity contribution in [3.05, 3.63) is 68.4 Å². The molecule has 0 saturated carbocycles. The second-order valence-electron chi connectivity index (χ2n) is 5.18. The van der Waals surface area contributed by atoms with E-state index in [0.717, 1.165) is 28.5 Å². The van der Waals surface area contributed by atoms with Gasteiger partial charge in [-0.25, -0.2) is 4.39 Å². The molecule has 0 atom stereocenters. The number of fused-ring (bicyclic) bond motifs is 1. The van der Waals surface area contributed by atoms with Gasteiger partial charge in [0.05, 0.1) is 10.6 Å². The quantitative estimate of drug-likeness (QED) is 0.634. The van der Waals surface area contributed by atoms with Gasteiger partial charge in [-0.1, -0.05) is 6.07 Å². The Morgan fingerprint density at radius 1 is 1.30 bits per heavy atom. The van der Waals surface area contributed by atoms with Crippen LogP contribution in [0, 0.1) is 15.9 Å². The summed E-state index contributed by atoms with van der Waals surface area (Å²) in [4.78, 5) is 35.8. The summed E-state index contributed by atoms with van der Waals surface area (Å²) in [6.07, 6.45) is 1.54. The van der Waals surface area contributed by atoms with Crippen LogP contribution in [0.2, 0.25) is 0 Å². The first-order chi connectivity index (χ1) is 11.0. The molecule has 0 spiro atoms. The van der Waals surface area contributed by atoms with Crippen molar-refractivity contribution in [1.82, 2.24) is 4.57 Å². The van der Waals surface area contributed by atoms with Gasteiger partial charge in [0, 0.05) is 30.9 Å². The largest absolute Gasteiger partial charge is 0.310 e. The first kappa shape index (κ1) is 14.9. The van der Waals surface area contributed by atoms with Gasteiger partial charge < -0.3 is 9.47 Å². The Bertz CT molecular complexity index is 862. The van der Waals surface area contributed by atoms with Crippen LogP contribution in [-0.4, -0.2) is 21.9 Å². The summed E-state index contributed by atoms with van der Waals surface area (Å²) in [5, 5.41) is 10.9. The molecule has 0 radical (unpaired) electrons. The number of pyridine rings is 1. The molecule has 2 heterocycles. The van der Waals surface area contributed by atoms with Crippen LogP contribution >= 0.6 is 0 Å². The number of anilines is 1. The summed E-state index contributed by atoms with van der Waals surface area (Å²) < 4.78 is 14.2. The lowest BCUT2D eigenvalue weighted by Crippen LogP contribution is -2.35. The average Bonchev–Trinajstić information content (AvgIpc) is 2.94. The molecule has 2 aromatic rings. The van der Waals surface area contributed by atoms with E-state index in [0.29, 0.717) is 18.7 Å². The smallest absolute Gasteiger partial charge is 0.271 e. The van der Waals surface area contributed by atoms with Crippen LogP contribution in [-0.2, 0) is 17.8 Å². The number of hydrogen-bond donors (Lipinski definition) is 0. The summed E-state index contributed by atoms with van der Waals surface area (Å²) in [7, 11) is 0. The number of nitrogens with zero attached hydrogens (tertiary/aromatic N) is 3. The molecule has 0 saturated heterocycles. The van der Waals surface area contributed by atoms with Crippen LogP contribution in [0.3, 0.4) is 0 Å². The second kappa shape index (κ2) is 5.64. The number of benzene rings is 1. The topological polar surface area (TPSA) is 85.5 Å². The molecule has 0 fully saturated rings. The fourth-order valence-electron chi connectivity index (χ4n) is 2.60. The molecule has 0 unspecified atom stereocenters. The molecular weight excluding hydrogens is 305 g/mol. The highest BCUT2D eigenvalue weighted by Crippen LogP contribution is 2.31. The van der Waals surface area contributed by atoms with E-state index < -0.39 is 22.2 Å². The molecule has 0 aliphatic carbocycles. The highest BCUT2D eigenvalue weighted by Gasteiger charge is 2.26. The monoisotopic (exact) mass is 317 g/mol. The lowest BCUT2D eigenvalue weighted by Gasteiger charge is -2.17. The molecule has 7 nitrogen and oxygen atoms in total. The van der Waals surface area contributed by atoms with Crippen molar-refractivity contribution < 1.29 is 14.1 Å². The number of rotatable bonds is 3. The van der Waals surface area contributed by atoms with Gasteiger partial charge in [-0.15, -0.1) is 0 Å². The Hall–Kier alpha value is -3.03. The summed E-state index contributed by atoms with van der Waals surface area (Å²) in [6, 6.07) is 6.43. The fourth-order valence-corrected chi connectivity index (χ4v) is 2.60. The number of nitro benzene ring substituents is 1. The molecule has 118 valence electrons. The van der Waals surface area contributed by atoms with Crippen LogP contribution in [0.15, 0.2) is 41.3 Å². The minimum absolute atomic E-state index is 0.105. The van der Waals surface area contributed by atoms with Crippen molar-refractivity contribution in [2.24, 2.45) is 0 Å². The third kappa shape index (κ3) is 2.83. The number of aromatic nitrogens is 1. The number of non-ortho nitro benzene ring substituents is 1. The van der Waals surface area contributed by atoms with E-state index in [9.17, 15) is 24.1 Å². The van der Waals surface area contributed by atoms with Crippen LogP contribution in [0.5, 0.6) is 0 Å². The van der Waals surface area contributed by atoms with E-state index in [2.05, 4.69) is 0 Å². The summed E-state index contributed by atoms with van der Waals surface area (Å²) in [6.45, 7) is 0.0537. The van der Waals surface area contributed by atoms with E-state index in [4.69, 9.17) is 0 Å². The van der Waals surface area contributed by atoms with E-state index >= 15 is 0 Å². The van der Waals surface area contributed by atoms with E-state index in [1.54, 1.807) is 6.07 Å². The van der Waals surface area contributed by atoms with E-state index in [1.165, 1.54) is 17.0 Å². The lowest BCUT2D eigenvalue weighted by atomic mass is 10.1. The zero-order chi connectivity index (χ0) is 16.6. The molecule has 0 bridgehead atoms. The zero-order valence-corrected chi connectivity index (χ0v) is 11.9. The van der Waals surface area contributed by atoms with E-state index in [-0.39, 0.29) is 12.2 Å². The fraction of sp³-hybridized carbons (Fsp3) is 0.200. The Morgan fingerprint density at radius 3 is 2.83 bits per heavy atom. The molecule has 3 rings (SSSR count). The number of amides is 1. The van der Waals surface area contributed by atoms with Gasteiger partial charge in [-0.2, -0.15) is 0 Å². The standard InChI is InChI=1S/C15H12FN3O4/c16-11-2-4-14(20)17(8-11)9-15(21)18-6-5-10-1-3-12(19(22)23)7-13(10)18/h1-4,7-8H,5-6,9H2. The minimum atomic E-state index is -0.616. The maximum absolute atomic E-state index is 13.2. The lowest BCUT2D eigenvalue weighted by molar-refractivity contribution is -0.384. The number of nitro groups is 1. The second-order valence-corrected chi connectivity index (χ2v) is 5.18. The number of carbonyl (C=O) groups excluding carboxylic acids is 1. The molecule has 1 aromatic carbocycles.